The fourth-order valence-corrected chi connectivity index (χ4v) is 2.35. The molecule has 0 unspecified atom stereocenters. The van der Waals surface area contributed by atoms with Crippen molar-refractivity contribution in [2.45, 2.75) is 44.8 Å². The van der Waals surface area contributed by atoms with Gasteiger partial charge in [-0.05, 0) is 25.3 Å². The van der Waals surface area contributed by atoms with Crippen molar-refractivity contribution in [2.24, 2.45) is 5.73 Å². The van der Waals surface area contributed by atoms with Crippen molar-refractivity contribution in [3.63, 3.8) is 0 Å². The smallest absolute Gasteiger partial charge is 0.268 e. The molecule has 0 bridgehead atoms. The first-order chi connectivity index (χ1) is 8.10. The number of nitrogens with zero attached hydrogens (tertiary/aromatic N) is 1. The van der Waals surface area contributed by atoms with E-state index >= 15 is 0 Å². The van der Waals surface area contributed by atoms with Crippen molar-refractivity contribution in [1.29, 1.82) is 0 Å². The van der Waals surface area contributed by atoms with Crippen LogP contribution in [0.15, 0.2) is 12.3 Å². The molecule has 4 nitrogen and oxygen atoms in total. The lowest BCUT2D eigenvalue weighted by Crippen LogP contribution is -2.50. The topological polar surface area (TPSA) is 60.0 Å². The zero-order valence-electron chi connectivity index (χ0n) is 9.95. The van der Waals surface area contributed by atoms with Crippen molar-refractivity contribution in [2.75, 3.05) is 0 Å². The van der Waals surface area contributed by atoms with E-state index in [1.54, 1.807) is 12.3 Å². The van der Waals surface area contributed by atoms with Gasteiger partial charge in [0.15, 0.2) is 0 Å². The highest BCUT2D eigenvalue weighted by molar-refractivity contribution is 6.31. The normalized spacial score (nSPS) is 23.2. The third-order valence-corrected chi connectivity index (χ3v) is 3.28. The number of halogens is 1. The van der Waals surface area contributed by atoms with Gasteiger partial charge in [-0.1, -0.05) is 18.5 Å². The van der Waals surface area contributed by atoms with Gasteiger partial charge in [-0.15, -0.1) is 0 Å². The van der Waals surface area contributed by atoms with Gasteiger partial charge in [0.05, 0.1) is 5.02 Å². The minimum Gasteiger partial charge on any atom is -0.348 e. The molecule has 0 radical (unpaired) electrons. The van der Waals surface area contributed by atoms with Gasteiger partial charge in [-0.2, -0.15) is 0 Å². The summed E-state index contributed by atoms with van der Waals surface area (Å²) < 4.78 is 1.90. The van der Waals surface area contributed by atoms with Gasteiger partial charge in [0, 0.05) is 24.8 Å². The Kier molecular flexibility index (Phi) is 3.74. The first-order valence-corrected chi connectivity index (χ1v) is 6.40. The van der Waals surface area contributed by atoms with Gasteiger partial charge in [-0.3, -0.25) is 4.79 Å². The van der Waals surface area contributed by atoms with Gasteiger partial charge in [0.1, 0.15) is 5.69 Å². The van der Waals surface area contributed by atoms with E-state index in [1.165, 1.54) is 0 Å². The summed E-state index contributed by atoms with van der Waals surface area (Å²) in [5, 5.41) is 3.58. The molecule has 1 aliphatic carbocycles. The monoisotopic (exact) mass is 255 g/mol. The highest BCUT2D eigenvalue weighted by atomic mass is 35.5. The van der Waals surface area contributed by atoms with Crippen LogP contribution in [-0.2, 0) is 6.54 Å². The zero-order chi connectivity index (χ0) is 12.4. The van der Waals surface area contributed by atoms with Gasteiger partial charge >= 0.3 is 0 Å². The summed E-state index contributed by atoms with van der Waals surface area (Å²) in [6, 6.07) is 2.18. The molecule has 0 aliphatic heterocycles. The van der Waals surface area contributed by atoms with Crippen LogP contribution in [0.1, 0.15) is 36.7 Å². The molecule has 0 saturated heterocycles. The molecule has 1 heterocycles. The number of hydrogen-bond donors (Lipinski definition) is 2. The summed E-state index contributed by atoms with van der Waals surface area (Å²) in [7, 11) is 0. The minimum atomic E-state index is -0.0535. The average Bonchev–Trinajstić information content (AvgIpc) is 2.58. The molecular weight excluding hydrogens is 238 g/mol. The Morgan fingerprint density at radius 1 is 1.65 bits per heavy atom. The van der Waals surface area contributed by atoms with E-state index in [0.717, 1.165) is 25.8 Å². The van der Waals surface area contributed by atoms with Crippen LogP contribution in [0.25, 0.3) is 0 Å². The van der Waals surface area contributed by atoms with Crippen LogP contribution in [0, 0.1) is 0 Å². The SMILES string of the molecule is CCCn1cc(Cl)cc1C(=O)NC1CC(N)C1. The van der Waals surface area contributed by atoms with Crippen LogP contribution in [0.2, 0.25) is 5.02 Å². The Hall–Kier alpha value is -1.00. The van der Waals surface area contributed by atoms with E-state index in [1.807, 2.05) is 4.57 Å². The molecule has 17 heavy (non-hydrogen) atoms. The third-order valence-electron chi connectivity index (χ3n) is 3.07. The Balaban J connectivity index is 2.02. The van der Waals surface area contributed by atoms with Gasteiger partial charge in [0.25, 0.3) is 5.91 Å². The van der Waals surface area contributed by atoms with Crippen LogP contribution >= 0.6 is 11.6 Å². The van der Waals surface area contributed by atoms with Crippen molar-refractivity contribution in [3.05, 3.63) is 23.0 Å². The molecule has 0 aromatic carbocycles. The van der Waals surface area contributed by atoms with Crippen molar-refractivity contribution >= 4 is 17.5 Å². The summed E-state index contributed by atoms with van der Waals surface area (Å²) in [6.07, 6.45) is 4.51. The standard InChI is InChI=1S/C12H18ClN3O/c1-2-3-16-7-8(13)4-11(16)12(17)15-10-5-9(14)6-10/h4,7,9-10H,2-3,5-6,14H2,1H3,(H,15,17). The number of hydrogen-bond acceptors (Lipinski definition) is 2. The molecule has 1 aromatic heterocycles. The second kappa shape index (κ2) is 5.10. The molecule has 1 aromatic rings. The maximum Gasteiger partial charge on any atom is 0.268 e. The molecule has 3 N–H and O–H groups in total. The van der Waals surface area contributed by atoms with Crippen LogP contribution in [0.5, 0.6) is 0 Å². The molecule has 5 heteroatoms. The fourth-order valence-electron chi connectivity index (χ4n) is 2.13. The van der Waals surface area contributed by atoms with E-state index < -0.39 is 0 Å². The van der Waals surface area contributed by atoms with E-state index in [9.17, 15) is 4.79 Å². The van der Waals surface area contributed by atoms with E-state index in [4.69, 9.17) is 17.3 Å². The van der Waals surface area contributed by atoms with Crippen LogP contribution in [0.4, 0.5) is 0 Å². The van der Waals surface area contributed by atoms with E-state index in [-0.39, 0.29) is 18.0 Å². The summed E-state index contributed by atoms with van der Waals surface area (Å²) in [5.41, 5.74) is 6.32. The molecule has 2 rings (SSSR count). The minimum absolute atomic E-state index is 0.0535. The van der Waals surface area contributed by atoms with E-state index in [2.05, 4.69) is 12.2 Å². The average molecular weight is 256 g/mol. The molecule has 1 saturated carbocycles. The molecule has 1 aliphatic rings. The first-order valence-electron chi connectivity index (χ1n) is 6.02. The van der Waals surface area contributed by atoms with Crippen LogP contribution in [-0.4, -0.2) is 22.6 Å². The summed E-state index contributed by atoms with van der Waals surface area (Å²) in [5.74, 6) is -0.0535. The maximum atomic E-state index is 12.0. The van der Waals surface area contributed by atoms with Crippen LogP contribution < -0.4 is 11.1 Å². The highest BCUT2D eigenvalue weighted by Gasteiger charge is 2.28. The van der Waals surface area contributed by atoms with E-state index in [0.29, 0.717) is 10.7 Å². The molecule has 0 spiro atoms. The quantitative estimate of drug-likeness (QED) is 0.862. The van der Waals surface area contributed by atoms with Gasteiger partial charge in [0.2, 0.25) is 0 Å². The Labute approximate surface area is 106 Å². The number of aromatic nitrogens is 1. The predicted octanol–water partition coefficient (Wildman–Crippen LogP) is 1.77. The Morgan fingerprint density at radius 2 is 2.35 bits per heavy atom. The third kappa shape index (κ3) is 2.82. The van der Waals surface area contributed by atoms with Crippen molar-refractivity contribution in [1.82, 2.24) is 9.88 Å². The summed E-state index contributed by atoms with van der Waals surface area (Å²) in [4.78, 5) is 12.0. The number of amides is 1. The van der Waals surface area contributed by atoms with Crippen molar-refractivity contribution < 1.29 is 4.79 Å². The lowest BCUT2D eigenvalue weighted by molar-refractivity contribution is 0.0900. The van der Waals surface area contributed by atoms with Gasteiger partial charge < -0.3 is 15.6 Å². The lowest BCUT2D eigenvalue weighted by Gasteiger charge is -2.33. The summed E-state index contributed by atoms with van der Waals surface area (Å²) >= 11 is 5.93. The number of carbonyl (C=O) groups is 1. The number of nitrogens with two attached hydrogens (primary N) is 1. The molecule has 1 amide bonds. The summed E-state index contributed by atoms with van der Waals surface area (Å²) in [6.45, 7) is 2.88. The Morgan fingerprint density at radius 3 is 2.94 bits per heavy atom. The number of nitrogens with one attached hydrogen (secondary N) is 1. The zero-order valence-corrected chi connectivity index (χ0v) is 10.7. The number of aryl methyl sites for hydroxylation is 1. The fraction of sp³-hybridized carbons (Fsp3) is 0.583. The molecular formula is C12H18ClN3O. The number of rotatable bonds is 4. The maximum absolute atomic E-state index is 12.0. The van der Waals surface area contributed by atoms with Gasteiger partial charge in [-0.25, -0.2) is 0 Å². The van der Waals surface area contributed by atoms with Crippen molar-refractivity contribution in [3.8, 4) is 0 Å². The predicted molar refractivity (Wildman–Crippen MR) is 68.2 cm³/mol. The number of carbonyl (C=O) groups excluding carboxylic acids is 1. The second-order valence-corrected chi connectivity index (χ2v) is 5.08. The second-order valence-electron chi connectivity index (χ2n) is 4.64. The first kappa shape index (κ1) is 12.5. The molecule has 0 atom stereocenters. The largest absolute Gasteiger partial charge is 0.348 e. The lowest BCUT2D eigenvalue weighted by atomic mass is 9.87. The van der Waals surface area contributed by atoms with Crippen LogP contribution in [0.3, 0.4) is 0 Å². The molecule has 94 valence electrons. The molecule has 1 fully saturated rings. The Bertz CT molecular complexity index is 410. The highest BCUT2D eigenvalue weighted by Crippen LogP contribution is 2.19.